The second kappa shape index (κ2) is 27.4. The number of esters is 2. The Morgan fingerprint density at radius 2 is 1.06 bits per heavy atom. The summed E-state index contributed by atoms with van der Waals surface area (Å²) < 4.78 is 15.5. The van der Waals surface area contributed by atoms with Gasteiger partial charge in [-0.1, -0.05) is 110 Å². The maximum Gasteiger partial charge on any atom is 0.306 e. The Morgan fingerprint density at radius 3 is 1.51 bits per heavy atom. The van der Waals surface area contributed by atoms with Crippen LogP contribution >= 0.6 is 0 Å². The summed E-state index contributed by atoms with van der Waals surface area (Å²) in [4.78, 5) is 23.9. The van der Waals surface area contributed by atoms with E-state index in [1.54, 1.807) is 7.11 Å². The SMILES string of the molecule is CCCCCCCCCCCCCCCCC(=O)OC[C@H](CO)OC(=O)CCCCCCCOC. The van der Waals surface area contributed by atoms with E-state index in [9.17, 15) is 14.7 Å². The quantitative estimate of drug-likeness (QED) is 0.0941. The van der Waals surface area contributed by atoms with Gasteiger partial charge in [-0.15, -0.1) is 0 Å². The minimum Gasteiger partial charge on any atom is -0.462 e. The average molecular weight is 501 g/mol. The van der Waals surface area contributed by atoms with Crippen LogP contribution in [0.5, 0.6) is 0 Å². The van der Waals surface area contributed by atoms with E-state index in [0.717, 1.165) is 58.0 Å². The molecule has 0 rings (SSSR count). The topological polar surface area (TPSA) is 82.1 Å². The largest absolute Gasteiger partial charge is 0.462 e. The molecule has 0 bridgehead atoms. The van der Waals surface area contributed by atoms with Crippen molar-refractivity contribution in [3.05, 3.63) is 0 Å². The van der Waals surface area contributed by atoms with Crippen LogP contribution in [0.2, 0.25) is 0 Å². The molecule has 0 aliphatic rings. The minimum atomic E-state index is -0.774. The summed E-state index contributed by atoms with van der Waals surface area (Å²) in [5, 5.41) is 9.41. The zero-order valence-corrected chi connectivity index (χ0v) is 23.0. The van der Waals surface area contributed by atoms with Crippen LogP contribution in [-0.2, 0) is 23.8 Å². The van der Waals surface area contributed by atoms with Crippen molar-refractivity contribution in [3.63, 3.8) is 0 Å². The van der Waals surface area contributed by atoms with Gasteiger partial charge in [0.05, 0.1) is 6.61 Å². The number of unbranched alkanes of at least 4 members (excludes halogenated alkanes) is 17. The minimum absolute atomic E-state index is 0.0727. The normalized spacial score (nSPS) is 12.0. The van der Waals surface area contributed by atoms with Crippen LogP contribution in [-0.4, -0.2) is 50.1 Å². The van der Waals surface area contributed by atoms with Crippen LogP contribution in [0.3, 0.4) is 0 Å². The highest BCUT2D eigenvalue weighted by Crippen LogP contribution is 2.14. The first kappa shape index (κ1) is 33.9. The average Bonchev–Trinajstić information content (AvgIpc) is 2.86. The van der Waals surface area contributed by atoms with E-state index < -0.39 is 6.10 Å². The van der Waals surface area contributed by atoms with Gasteiger partial charge in [-0.3, -0.25) is 9.59 Å². The molecule has 0 spiro atoms. The standard InChI is InChI=1S/C29H56O6/c1-3-4-5-6-7-8-9-10-11-12-13-14-16-19-22-28(31)34-26-27(25-30)35-29(32)23-20-17-15-18-21-24-33-2/h27,30H,3-26H2,1-2H3/t27-/m0/s1. The molecule has 0 radical (unpaired) electrons. The summed E-state index contributed by atoms with van der Waals surface area (Å²) in [5.41, 5.74) is 0. The molecule has 35 heavy (non-hydrogen) atoms. The van der Waals surface area contributed by atoms with Crippen LogP contribution < -0.4 is 0 Å². The summed E-state index contributed by atoms with van der Waals surface area (Å²) in [7, 11) is 1.70. The fourth-order valence-corrected chi connectivity index (χ4v) is 4.14. The van der Waals surface area contributed by atoms with Crippen molar-refractivity contribution in [1.29, 1.82) is 0 Å². The van der Waals surface area contributed by atoms with Crippen molar-refractivity contribution in [1.82, 2.24) is 0 Å². The fraction of sp³-hybridized carbons (Fsp3) is 0.931. The Morgan fingerprint density at radius 1 is 0.629 bits per heavy atom. The van der Waals surface area contributed by atoms with Crippen LogP contribution in [0.1, 0.15) is 142 Å². The summed E-state index contributed by atoms with van der Waals surface area (Å²) in [6, 6.07) is 0. The Kier molecular flexibility index (Phi) is 26.6. The molecular formula is C29H56O6. The van der Waals surface area contributed by atoms with Crippen LogP contribution in [0.25, 0.3) is 0 Å². The van der Waals surface area contributed by atoms with Crippen molar-refractivity contribution >= 4 is 11.9 Å². The zero-order valence-electron chi connectivity index (χ0n) is 23.0. The molecule has 0 heterocycles. The number of carbonyl (C=O) groups excluding carboxylic acids is 2. The molecule has 0 aliphatic heterocycles. The molecule has 6 nitrogen and oxygen atoms in total. The van der Waals surface area contributed by atoms with Crippen molar-refractivity contribution in [2.24, 2.45) is 0 Å². The van der Waals surface area contributed by atoms with Gasteiger partial charge in [-0.2, -0.15) is 0 Å². The van der Waals surface area contributed by atoms with Gasteiger partial charge in [-0.05, 0) is 19.3 Å². The highest BCUT2D eigenvalue weighted by molar-refractivity contribution is 5.70. The maximum atomic E-state index is 11.9. The monoisotopic (exact) mass is 500 g/mol. The second-order valence-corrected chi connectivity index (χ2v) is 9.83. The van der Waals surface area contributed by atoms with Gasteiger partial charge in [0, 0.05) is 26.6 Å². The van der Waals surface area contributed by atoms with E-state index in [0.29, 0.717) is 12.8 Å². The number of aliphatic hydroxyl groups is 1. The van der Waals surface area contributed by atoms with Crippen molar-refractivity contribution in [3.8, 4) is 0 Å². The molecule has 0 aliphatic carbocycles. The maximum absolute atomic E-state index is 11.9. The van der Waals surface area contributed by atoms with Crippen molar-refractivity contribution < 1.29 is 28.9 Å². The molecule has 0 unspecified atom stereocenters. The van der Waals surface area contributed by atoms with E-state index in [1.807, 2.05) is 0 Å². The molecular weight excluding hydrogens is 444 g/mol. The van der Waals surface area contributed by atoms with E-state index >= 15 is 0 Å². The Bertz CT molecular complexity index is 468. The van der Waals surface area contributed by atoms with Gasteiger partial charge in [0.25, 0.3) is 0 Å². The van der Waals surface area contributed by atoms with E-state index in [-0.39, 0.29) is 25.2 Å². The predicted molar refractivity (Wildman–Crippen MR) is 142 cm³/mol. The number of hydrogen-bond donors (Lipinski definition) is 1. The molecule has 1 N–H and O–H groups in total. The van der Waals surface area contributed by atoms with Crippen molar-refractivity contribution in [2.75, 3.05) is 26.9 Å². The first-order chi connectivity index (χ1) is 17.1. The van der Waals surface area contributed by atoms with Crippen LogP contribution in [0, 0.1) is 0 Å². The third-order valence-electron chi connectivity index (χ3n) is 6.40. The summed E-state index contributed by atoms with van der Waals surface area (Å²) in [6.45, 7) is 2.63. The molecule has 0 aromatic carbocycles. The van der Waals surface area contributed by atoms with Gasteiger partial charge in [-0.25, -0.2) is 0 Å². The third kappa shape index (κ3) is 25.8. The van der Waals surface area contributed by atoms with Gasteiger partial charge in [0.15, 0.2) is 6.10 Å². The molecule has 0 saturated heterocycles. The molecule has 0 aromatic heterocycles. The number of carbonyl (C=O) groups is 2. The highest BCUT2D eigenvalue weighted by atomic mass is 16.6. The number of methoxy groups -OCH3 is 1. The second-order valence-electron chi connectivity index (χ2n) is 9.83. The molecule has 0 saturated carbocycles. The van der Waals surface area contributed by atoms with E-state index in [1.165, 1.54) is 70.6 Å². The molecule has 1 atom stereocenters. The Balaban J connectivity index is 3.53. The molecule has 0 aromatic rings. The lowest BCUT2D eigenvalue weighted by molar-refractivity contribution is -0.161. The number of hydrogen-bond acceptors (Lipinski definition) is 6. The number of rotatable bonds is 27. The van der Waals surface area contributed by atoms with Crippen LogP contribution in [0.15, 0.2) is 0 Å². The lowest BCUT2D eigenvalue weighted by atomic mass is 10.0. The van der Waals surface area contributed by atoms with E-state index in [4.69, 9.17) is 14.2 Å². The highest BCUT2D eigenvalue weighted by Gasteiger charge is 2.16. The molecule has 0 fully saturated rings. The van der Waals surface area contributed by atoms with Gasteiger partial charge < -0.3 is 19.3 Å². The van der Waals surface area contributed by atoms with Crippen molar-refractivity contribution in [2.45, 2.75) is 148 Å². The smallest absolute Gasteiger partial charge is 0.306 e. The van der Waals surface area contributed by atoms with Gasteiger partial charge in [0.1, 0.15) is 6.61 Å². The third-order valence-corrected chi connectivity index (χ3v) is 6.40. The Hall–Kier alpha value is -1.14. The first-order valence-corrected chi connectivity index (χ1v) is 14.6. The van der Waals surface area contributed by atoms with Gasteiger partial charge >= 0.3 is 11.9 Å². The molecule has 0 amide bonds. The summed E-state index contributed by atoms with van der Waals surface area (Å²) >= 11 is 0. The van der Waals surface area contributed by atoms with Gasteiger partial charge in [0.2, 0.25) is 0 Å². The van der Waals surface area contributed by atoms with E-state index in [2.05, 4.69) is 6.92 Å². The summed E-state index contributed by atoms with van der Waals surface area (Å²) in [6.07, 6.45) is 22.8. The summed E-state index contributed by atoms with van der Waals surface area (Å²) in [5.74, 6) is -0.626. The Labute approximate surface area is 215 Å². The zero-order chi connectivity index (χ0) is 25.8. The number of ether oxygens (including phenoxy) is 3. The molecule has 6 heteroatoms. The lowest BCUT2D eigenvalue weighted by Crippen LogP contribution is -2.28. The fourth-order valence-electron chi connectivity index (χ4n) is 4.14. The first-order valence-electron chi connectivity index (χ1n) is 14.6. The van der Waals surface area contributed by atoms with Crippen LogP contribution in [0.4, 0.5) is 0 Å². The number of aliphatic hydroxyl groups excluding tert-OH is 1. The molecule has 208 valence electrons. The lowest BCUT2D eigenvalue weighted by Gasteiger charge is -2.15. The predicted octanol–water partition coefficient (Wildman–Crippen LogP) is 7.29.